The highest BCUT2D eigenvalue weighted by Crippen LogP contribution is 2.29. The number of carbonyl (C=O) groups is 2. The first-order valence-corrected chi connectivity index (χ1v) is 18.5. The van der Waals surface area contributed by atoms with Gasteiger partial charge in [-0.2, -0.15) is 0 Å². The zero-order chi connectivity index (χ0) is 33.6. The van der Waals surface area contributed by atoms with Crippen molar-refractivity contribution >= 4 is 48.9 Å². The lowest BCUT2D eigenvalue weighted by molar-refractivity contribution is 0.0240. The summed E-state index contributed by atoms with van der Waals surface area (Å²) in [5.74, 6) is -0.532. The average molecular weight is 663 g/mol. The van der Waals surface area contributed by atoms with Crippen LogP contribution in [0.5, 0.6) is 0 Å². The molecule has 0 bridgehead atoms. The highest BCUT2D eigenvalue weighted by molar-refractivity contribution is 7.92. The lowest BCUT2D eigenvalue weighted by Crippen LogP contribution is -2.50. The Labute approximate surface area is 268 Å². The number of nitrogens with one attached hydrogen (secondary N) is 1. The number of sulfonamides is 1. The van der Waals surface area contributed by atoms with Crippen LogP contribution in [0.2, 0.25) is 0 Å². The highest BCUT2D eigenvalue weighted by Gasteiger charge is 2.27. The van der Waals surface area contributed by atoms with Gasteiger partial charge in [-0.1, -0.05) is 18.6 Å². The number of ether oxygens (including phenoxy) is 1. The number of rotatable bonds is 11. The summed E-state index contributed by atoms with van der Waals surface area (Å²) in [6.07, 6.45) is 4.87. The van der Waals surface area contributed by atoms with Crippen molar-refractivity contribution in [1.29, 1.82) is 0 Å². The van der Waals surface area contributed by atoms with Crippen molar-refractivity contribution < 1.29 is 31.2 Å². The molecule has 1 N–H and O–H groups in total. The number of unbranched alkanes of at least 4 members (excludes halogenated alkanes) is 1. The SMILES string of the molecule is CCC(C)=CCCCS(=O)(=O)c1ccc(NC(=O)c2cc(N3CCN(C(=O)OC(C)(C)C)CC3)ccc2N(C)S(C)(=O)=O)cc1. The number of hydrogen-bond donors (Lipinski definition) is 1. The second-order valence-electron chi connectivity index (χ2n) is 12.2. The summed E-state index contributed by atoms with van der Waals surface area (Å²) in [4.78, 5) is 29.9. The van der Waals surface area contributed by atoms with Gasteiger partial charge in [0, 0.05) is 44.6 Å². The number of benzene rings is 2. The van der Waals surface area contributed by atoms with Crippen molar-refractivity contribution in [2.24, 2.45) is 0 Å². The largest absolute Gasteiger partial charge is 0.444 e. The third-order valence-corrected chi connectivity index (χ3v) is 10.5. The van der Waals surface area contributed by atoms with Gasteiger partial charge in [-0.25, -0.2) is 21.6 Å². The van der Waals surface area contributed by atoms with Crippen molar-refractivity contribution in [1.82, 2.24) is 4.90 Å². The number of sulfone groups is 1. The van der Waals surface area contributed by atoms with Gasteiger partial charge in [0.15, 0.2) is 9.84 Å². The summed E-state index contributed by atoms with van der Waals surface area (Å²) >= 11 is 0. The Bertz CT molecular complexity index is 1610. The predicted octanol–water partition coefficient (Wildman–Crippen LogP) is 5.30. The first-order chi connectivity index (χ1) is 20.9. The number of piperazine rings is 1. The van der Waals surface area contributed by atoms with Crippen molar-refractivity contribution in [3.05, 3.63) is 59.7 Å². The van der Waals surface area contributed by atoms with E-state index in [2.05, 4.69) is 18.3 Å². The van der Waals surface area contributed by atoms with Crippen LogP contribution in [-0.2, 0) is 24.6 Å². The molecule has 1 heterocycles. The molecule has 0 aliphatic carbocycles. The van der Waals surface area contributed by atoms with Crippen molar-refractivity contribution in [3.63, 3.8) is 0 Å². The van der Waals surface area contributed by atoms with Gasteiger partial charge in [0.25, 0.3) is 5.91 Å². The second kappa shape index (κ2) is 14.7. The number of hydrogen-bond acceptors (Lipinski definition) is 8. The minimum absolute atomic E-state index is 0.0201. The molecule has 3 rings (SSSR count). The van der Waals surface area contributed by atoms with E-state index in [1.54, 1.807) is 23.1 Å². The fourth-order valence-corrected chi connectivity index (χ4v) is 6.51. The minimum atomic E-state index is -3.68. The zero-order valence-corrected chi connectivity index (χ0v) is 28.9. The molecule has 0 unspecified atom stereocenters. The maximum absolute atomic E-state index is 13.6. The average Bonchev–Trinajstić information content (AvgIpc) is 2.97. The fourth-order valence-electron chi connectivity index (χ4n) is 4.66. The van der Waals surface area contributed by atoms with Gasteiger partial charge in [-0.15, -0.1) is 0 Å². The van der Waals surface area contributed by atoms with E-state index in [-0.39, 0.29) is 28.0 Å². The lowest BCUT2D eigenvalue weighted by atomic mass is 10.1. The molecule has 248 valence electrons. The molecule has 2 aromatic rings. The lowest BCUT2D eigenvalue weighted by Gasteiger charge is -2.37. The van der Waals surface area contributed by atoms with Crippen molar-refractivity contribution in [2.45, 2.75) is 64.4 Å². The summed E-state index contributed by atoms with van der Waals surface area (Å²) in [7, 11) is -5.79. The molecule has 0 radical (unpaired) electrons. The Morgan fingerprint density at radius 2 is 1.62 bits per heavy atom. The highest BCUT2D eigenvalue weighted by atomic mass is 32.2. The maximum atomic E-state index is 13.6. The molecule has 2 aromatic carbocycles. The van der Waals surface area contributed by atoms with Crippen LogP contribution in [0.1, 0.15) is 64.2 Å². The first kappa shape index (κ1) is 35.9. The Hall–Kier alpha value is -3.58. The molecular weight excluding hydrogens is 617 g/mol. The van der Waals surface area contributed by atoms with E-state index in [0.29, 0.717) is 50.4 Å². The Balaban J connectivity index is 1.78. The number of anilines is 3. The molecule has 2 amide bonds. The van der Waals surface area contributed by atoms with Crippen LogP contribution < -0.4 is 14.5 Å². The van der Waals surface area contributed by atoms with Gasteiger partial charge in [0.2, 0.25) is 10.0 Å². The van der Waals surface area contributed by atoms with E-state index in [0.717, 1.165) is 17.0 Å². The van der Waals surface area contributed by atoms with Crippen LogP contribution >= 0.6 is 0 Å². The van der Waals surface area contributed by atoms with Crippen LogP contribution in [0.4, 0.5) is 21.9 Å². The molecule has 1 saturated heterocycles. The number of carbonyl (C=O) groups excluding carboxylic acids is 2. The van der Waals surface area contributed by atoms with Crippen LogP contribution in [-0.4, -0.2) is 84.6 Å². The van der Waals surface area contributed by atoms with Crippen LogP contribution in [0, 0.1) is 0 Å². The summed E-state index contributed by atoms with van der Waals surface area (Å²) in [5, 5.41) is 2.78. The maximum Gasteiger partial charge on any atom is 0.410 e. The molecule has 0 saturated carbocycles. The molecule has 1 aliphatic heterocycles. The normalized spacial score (nSPS) is 14.7. The first-order valence-electron chi connectivity index (χ1n) is 15.0. The molecule has 13 heteroatoms. The van der Waals surface area contributed by atoms with Crippen LogP contribution in [0.25, 0.3) is 0 Å². The fraction of sp³-hybridized carbons (Fsp3) is 0.500. The molecule has 45 heavy (non-hydrogen) atoms. The molecule has 11 nitrogen and oxygen atoms in total. The van der Waals surface area contributed by atoms with Gasteiger partial charge in [0.1, 0.15) is 5.60 Å². The Morgan fingerprint density at radius 3 is 2.18 bits per heavy atom. The summed E-state index contributed by atoms with van der Waals surface area (Å²) in [6.45, 7) is 11.3. The van der Waals surface area contributed by atoms with Crippen molar-refractivity contribution in [3.8, 4) is 0 Å². The number of nitrogens with zero attached hydrogens (tertiary/aromatic N) is 3. The topological polar surface area (TPSA) is 133 Å². The number of allylic oxidation sites excluding steroid dienone is 2. The zero-order valence-electron chi connectivity index (χ0n) is 27.3. The van der Waals surface area contributed by atoms with Gasteiger partial charge < -0.3 is 19.9 Å². The van der Waals surface area contributed by atoms with Crippen molar-refractivity contribution in [2.75, 3.05) is 59.8 Å². The molecular formula is C32H46N4O7S2. The van der Waals surface area contributed by atoms with Crippen LogP contribution in [0.3, 0.4) is 0 Å². The second-order valence-corrected chi connectivity index (χ2v) is 16.4. The van der Waals surface area contributed by atoms with Crippen LogP contribution in [0.15, 0.2) is 59.0 Å². The van der Waals surface area contributed by atoms with E-state index >= 15 is 0 Å². The minimum Gasteiger partial charge on any atom is -0.444 e. The molecule has 0 aromatic heterocycles. The van der Waals surface area contributed by atoms with E-state index in [1.165, 1.54) is 36.9 Å². The predicted molar refractivity (Wildman–Crippen MR) is 179 cm³/mol. The monoisotopic (exact) mass is 662 g/mol. The van der Waals surface area contributed by atoms with Gasteiger partial charge >= 0.3 is 6.09 Å². The quantitative estimate of drug-likeness (QED) is 0.253. The smallest absolute Gasteiger partial charge is 0.410 e. The third-order valence-electron chi connectivity index (χ3n) is 7.50. The number of amides is 2. The molecule has 1 aliphatic rings. The standard InChI is InChI=1S/C32H46N4O7S2/c1-8-24(2)11-9-10-22-45(41,42)27-15-12-25(13-16-27)33-30(37)28-23-26(14-17-29(28)34(6)44(7,39)40)35-18-20-36(21-19-35)31(38)43-32(3,4)5/h11-17,23H,8-10,18-22H2,1-7H3,(H,33,37). The summed E-state index contributed by atoms with van der Waals surface area (Å²) in [5.41, 5.74) is 2.01. The molecule has 0 atom stereocenters. The van der Waals surface area contributed by atoms with E-state index in [1.807, 2.05) is 32.6 Å². The third kappa shape index (κ3) is 10.2. The van der Waals surface area contributed by atoms with Gasteiger partial charge in [0.05, 0.1) is 28.2 Å². The van der Waals surface area contributed by atoms with E-state index in [4.69, 9.17) is 4.74 Å². The Kier molecular flexibility index (Phi) is 11.7. The van der Waals surface area contributed by atoms with E-state index < -0.39 is 31.4 Å². The Morgan fingerprint density at radius 1 is 1.00 bits per heavy atom. The molecule has 1 fully saturated rings. The molecule has 0 spiro atoms. The summed E-state index contributed by atoms with van der Waals surface area (Å²) < 4.78 is 57.0. The van der Waals surface area contributed by atoms with E-state index in [9.17, 15) is 26.4 Å². The summed E-state index contributed by atoms with van der Waals surface area (Å²) in [6, 6.07) is 10.9. The van der Waals surface area contributed by atoms with Gasteiger partial charge in [-0.3, -0.25) is 9.10 Å². The van der Waals surface area contributed by atoms with Gasteiger partial charge in [-0.05, 0) is 89.4 Å².